The maximum Gasteiger partial charge on any atom is 0.232 e. The highest BCUT2D eigenvalue weighted by Crippen LogP contribution is 2.15. The van der Waals surface area contributed by atoms with Crippen molar-refractivity contribution >= 4 is 23.1 Å². The second-order valence-corrected chi connectivity index (χ2v) is 4.41. The molecule has 1 rings (SSSR count). The van der Waals surface area contributed by atoms with Gasteiger partial charge in [-0.15, -0.1) is 0 Å². The molecule has 1 heterocycles. The Morgan fingerprint density at radius 3 is 2.87 bits per heavy atom. The third-order valence-corrected chi connectivity index (χ3v) is 3.04. The van der Waals surface area contributed by atoms with Crippen LogP contribution in [0.15, 0.2) is 0 Å². The first kappa shape index (κ1) is 12.4. The van der Waals surface area contributed by atoms with Crippen molar-refractivity contribution in [2.75, 3.05) is 13.1 Å². The second kappa shape index (κ2) is 5.42. The fourth-order valence-corrected chi connectivity index (χ4v) is 2.14. The number of thiocarbonyl (C=S) groups is 1. The number of carbonyl (C=O) groups is 1. The van der Waals surface area contributed by atoms with Gasteiger partial charge in [0.1, 0.15) is 0 Å². The molecule has 0 aromatic rings. The first-order valence-corrected chi connectivity index (χ1v) is 5.73. The summed E-state index contributed by atoms with van der Waals surface area (Å²) in [7, 11) is 0. The molecule has 1 aliphatic heterocycles. The predicted octanol–water partition coefficient (Wildman–Crippen LogP) is 0.282. The van der Waals surface area contributed by atoms with Gasteiger partial charge in [0.25, 0.3) is 0 Å². The SMILES string of the molecule is CCC(C(=O)N1CCCC(O)C1)C(N)=S. The number of piperidine rings is 1. The van der Waals surface area contributed by atoms with Crippen LogP contribution in [0.25, 0.3) is 0 Å². The summed E-state index contributed by atoms with van der Waals surface area (Å²) in [6, 6.07) is 0. The quantitative estimate of drug-likeness (QED) is 0.684. The molecule has 5 heteroatoms. The fraction of sp³-hybridized carbons (Fsp3) is 0.800. The van der Waals surface area contributed by atoms with Crippen LogP contribution in [-0.2, 0) is 4.79 Å². The third-order valence-electron chi connectivity index (χ3n) is 2.76. The van der Waals surface area contributed by atoms with E-state index in [0.717, 1.165) is 12.8 Å². The summed E-state index contributed by atoms with van der Waals surface area (Å²) in [6.07, 6.45) is 1.85. The van der Waals surface area contributed by atoms with Crippen LogP contribution < -0.4 is 5.73 Å². The van der Waals surface area contributed by atoms with E-state index < -0.39 is 6.10 Å². The predicted molar refractivity (Wildman–Crippen MR) is 62.4 cm³/mol. The number of hydrogen-bond donors (Lipinski definition) is 2. The van der Waals surface area contributed by atoms with Crippen molar-refractivity contribution in [1.29, 1.82) is 0 Å². The molecule has 1 fully saturated rings. The molecular formula is C10H18N2O2S. The van der Waals surface area contributed by atoms with Crippen LogP contribution in [0.4, 0.5) is 0 Å². The molecule has 2 unspecified atom stereocenters. The first-order chi connectivity index (χ1) is 7.06. The van der Waals surface area contributed by atoms with Gasteiger partial charge in [-0.05, 0) is 19.3 Å². The van der Waals surface area contributed by atoms with Crippen molar-refractivity contribution in [2.45, 2.75) is 32.3 Å². The van der Waals surface area contributed by atoms with Crippen LogP contribution in [0.3, 0.4) is 0 Å². The molecule has 3 N–H and O–H groups in total. The highest BCUT2D eigenvalue weighted by molar-refractivity contribution is 7.80. The molecule has 0 saturated carbocycles. The Labute approximate surface area is 95.4 Å². The maximum absolute atomic E-state index is 12.0. The van der Waals surface area contributed by atoms with Crippen LogP contribution in [-0.4, -0.2) is 40.1 Å². The number of β-amino-alcohol motifs (C(OH)–C–C–N with tert-alkyl or cyclic N) is 1. The smallest absolute Gasteiger partial charge is 0.232 e. The van der Waals surface area contributed by atoms with Gasteiger partial charge in [0.15, 0.2) is 0 Å². The molecule has 4 nitrogen and oxygen atoms in total. The number of nitrogens with zero attached hydrogens (tertiary/aromatic N) is 1. The first-order valence-electron chi connectivity index (χ1n) is 5.32. The van der Waals surface area contributed by atoms with E-state index in [4.69, 9.17) is 18.0 Å². The topological polar surface area (TPSA) is 66.6 Å². The van der Waals surface area contributed by atoms with Gasteiger partial charge in [-0.1, -0.05) is 19.1 Å². The summed E-state index contributed by atoms with van der Waals surface area (Å²) in [4.78, 5) is 13.9. The number of amides is 1. The van der Waals surface area contributed by atoms with Gasteiger partial charge in [-0.3, -0.25) is 4.79 Å². The van der Waals surface area contributed by atoms with Gasteiger partial charge in [0.2, 0.25) is 5.91 Å². The van der Waals surface area contributed by atoms with E-state index in [-0.39, 0.29) is 16.8 Å². The molecule has 15 heavy (non-hydrogen) atoms. The highest BCUT2D eigenvalue weighted by Gasteiger charge is 2.28. The number of likely N-dealkylation sites (tertiary alicyclic amines) is 1. The summed E-state index contributed by atoms with van der Waals surface area (Å²) in [5, 5.41) is 9.46. The van der Waals surface area contributed by atoms with Gasteiger partial charge < -0.3 is 15.7 Å². The average Bonchev–Trinajstić information content (AvgIpc) is 2.18. The molecular weight excluding hydrogens is 212 g/mol. The zero-order valence-electron chi connectivity index (χ0n) is 8.98. The van der Waals surface area contributed by atoms with E-state index >= 15 is 0 Å². The van der Waals surface area contributed by atoms with Crippen LogP contribution in [0.1, 0.15) is 26.2 Å². The Morgan fingerprint density at radius 1 is 1.73 bits per heavy atom. The summed E-state index contributed by atoms with van der Waals surface area (Å²) in [5.74, 6) is -0.408. The lowest BCUT2D eigenvalue weighted by atomic mass is 10.0. The zero-order chi connectivity index (χ0) is 11.4. The minimum absolute atomic E-state index is 0.0382. The molecule has 86 valence electrons. The van der Waals surface area contributed by atoms with Crippen LogP contribution in [0.5, 0.6) is 0 Å². The zero-order valence-corrected chi connectivity index (χ0v) is 9.80. The van der Waals surface area contributed by atoms with E-state index in [2.05, 4.69) is 0 Å². The fourth-order valence-electron chi connectivity index (χ4n) is 1.87. The van der Waals surface area contributed by atoms with Crippen molar-refractivity contribution in [3.8, 4) is 0 Å². The lowest BCUT2D eigenvalue weighted by molar-refractivity contribution is -0.136. The number of nitrogens with two attached hydrogens (primary N) is 1. The van der Waals surface area contributed by atoms with Crippen LogP contribution in [0, 0.1) is 5.92 Å². The van der Waals surface area contributed by atoms with Crippen molar-refractivity contribution in [1.82, 2.24) is 4.90 Å². The summed E-state index contributed by atoms with van der Waals surface area (Å²) < 4.78 is 0. The van der Waals surface area contributed by atoms with Crippen molar-refractivity contribution in [3.05, 3.63) is 0 Å². The lowest BCUT2D eigenvalue weighted by Crippen LogP contribution is -2.47. The Bertz CT molecular complexity index is 258. The molecule has 2 atom stereocenters. The molecule has 0 bridgehead atoms. The Morgan fingerprint density at radius 2 is 2.40 bits per heavy atom. The molecule has 1 amide bonds. The number of aliphatic hydroxyl groups is 1. The highest BCUT2D eigenvalue weighted by atomic mass is 32.1. The number of aliphatic hydroxyl groups excluding tert-OH is 1. The summed E-state index contributed by atoms with van der Waals surface area (Å²) in [5.41, 5.74) is 5.51. The summed E-state index contributed by atoms with van der Waals surface area (Å²) in [6.45, 7) is 3.01. The van der Waals surface area contributed by atoms with E-state index in [1.54, 1.807) is 4.90 Å². The Hall–Kier alpha value is -0.680. The number of rotatable bonds is 3. The molecule has 1 aliphatic rings. The van der Waals surface area contributed by atoms with Gasteiger partial charge in [0.05, 0.1) is 17.0 Å². The second-order valence-electron chi connectivity index (χ2n) is 3.94. The van der Waals surface area contributed by atoms with E-state index in [9.17, 15) is 9.90 Å². The standard InChI is InChI=1S/C10H18N2O2S/c1-2-8(9(11)15)10(14)12-5-3-4-7(13)6-12/h7-8,13H,2-6H2,1H3,(H2,11,15). The number of hydrogen-bond acceptors (Lipinski definition) is 3. The van der Waals surface area contributed by atoms with Gasteiger partial charge in [0, 0.05) is 13.1 Å². The van der Waals surface area contributed by atoms with Gasteiger partial charge in [-0.25, -0.2) is 0 Å². The van der Waals surface area contributed by atoms with E-state index in [1.807, 2.05) is 6.92 Å². The molecule has 0 aromatic carbocycles. The Kier molecular flexibility index (Phi) is 4.47. The largest absolute Gasteiger partial charge is 0.393 e. The van der Waals surface area contributed by atoms with Gasteiger partial charge in [-0.2, -0.15) is 0 Å². The van der Waals surface area contributed by atoms with E-state index in [1.165, 1.54) is 0 Å². The molecule has 0 spiro atoms. The van der Waals surface area contributed by atoms with Crippen LogP contribution in [0.2, 0.25) is 0 Å². The normalized spacial score (nSPS) is 23.6. The minimum atomic E-state index is -0.397. The molecule has 0 aromatic heterocycles. The van der Waals surface area contributed by atoms with Gasteiger partial charge >= 0.3 is 0 Å². The average molecular weight is 230 g/mol. The van der Waals surface area contributed by atoms with E-state index in [0.29, 0.717) is 19.5 Å². The summed E-state index contributed by atoms with van der Waals surface area (Å²) >= 11 is 4.86. The van der Waals surface area contributed by atoms with Crippen LogP contribution >= 0.6 is 12.2 Å². The van der Waals surface area contributed by atoms with Crippen molar-refractivity contribution < 1.29 is 9.90 Å². The third kappa shape index (κ3) is 3.14. The van der Waals surface area contributed by atoms with Crippen molar-refractivity contribution in [2.24, 2.45) is 11.7 Å². The molecule has 0 radical (unpaired) electrons. The Balaban J connectivity index is 2.61. The monoisotopic (exact) mass is 230 g/mol. The molecule has 1 saturated heterocycles. The number of carbonyl (C=O) groups excluding carboxylic acids is 1. The lowest BCUT2D eigenvalue weighted by Gasteiger charge is -2.32. The van der Waals surface area contributed by atoms with Crippen molar-refractivity contribution in [3.63, 3.8) is 0 Å². The minimum Gasteiger partial charge on any atom is -0.393 e. The maximum atomic E-state index is 12.0. The molecule has 0 aliphatic carbocycles.